The Morgan fingerprint density at radius 2 is 0.901 bits per heavy atom. The smallest absolute Gasteiger partial charge is 0.227 e. The summed E-state index contributed by atoms with van der Waals surface area (Å²) >= 11 is 17.7. The lowest BCUT2D eigenvalue weighted by Gasteiger charge is -2.26. The molecule has 5 aliphatic rings. The number of nitrogens with two attached hydrogens (primary N) is 1. The van der Waals surface area contributed by atoms with Gasteiger partial charge in [0, 0.05) is 67.0 Å². The lowest BCUT2D eigenvalue weighted by atomic mass is 10.1. The second kappa shape index (κ2) is 27.9. The van der Waals surface area contributed by atoms with Crippen LogP contribution in [-0.2, 0) is 0 Å². The lowest BCUT2D eigenvalue weighted by molar-refractivity contribution is 0.459. The molecule has 8 N–H and O–H groups in total. The van der Waals surface area contributed by atoms with Gasteiger partial charge in [-0.25, -0.2) is 24.9 Å². The number of aryl methyl sites for hydroxylation is 6. The number of anilines is 3. The van der Waals surface area contributed by atoms with Crippen LogP contribution in [0.1, 0.15) is 97.6 Å². The molecular weight excluding hydrogens is 974 g/mol. The molecule has 0 unspecified atom stereocenters. The normalized spacial score (nSPS) is 19.7. The summed E-state index contributed by atoms with van der Waals surface area (Å²) in [6, 6.07) is 13.9. The predicted molar refractivity (Wildman–Crippen MR) is 302 cm³/mol. The average molecular weight is 1050 g/mol. The number of hydrogen-bond acceptors (Lipinski definition) is 14. The number of fused-ring (bicyclic) bond motifs is 3. The Labute approximate surface area is 442 Å². The van der Waals surface area contributed by atoms with Gasteiger partial charge >= 0.3 is 0 Å². The summed E-state index contributed by atoms with van der Waals surface area (Å²) in [5, 5.41) is 24.4. The second-order valence-corrected chi connectivity index (χ2v) is 20.5. The summed E-state index contributed by atoms with van der Waals surface area (Å²) < 4.78 is 0. The zero-order valence-corrected chi connectivity index (χ0v) is 45.7. The monoisotopic (exact) mass is 1050 g/mol. The van der Waals surface area contributed by atoms with Crippen LogP contribution in [-0.4, -0.2) is 113 Å². The molecule has 0 bridgehead atoms. The molecule has 0 amide bonds. The predicted octanol–water partition coefficient (Wildman–Crippen LogP) is 10.1. The van der Waals surface area contributed by atoms with E-state index in [1.165, 1.54) is 104 Å². The summed E-state index contributed by atoms with van der Waals surface area (Å²) in [5.41, 5.74) is 15.7. The van der Waals surface area contributed by atoms with E-state index in [1.807, 2.05) is 26.0 Å². The first-order valence-corrected chi connectivity index (χ1v) is 26.6. The van der Waals surface area contributed by atoms with Gasteiger partial charge in [0.2, 0.25) is 16.5 Å². The number of halogens is 4. The van der Waals surface area contributed by atoms with E-state index < -0.39 is 0 Å². The van der Waals surface area contributed by atoms with Crippen molar-refractivity contribution < 1.29 is 0 Å². The molecule has 8 heterocycles. The van der Waals surface area contributed by atoms with Gasteiger partial charge in [-0.15, -0.1) is 12.4 Å². The van der Waals surface area contributed by atoms with Gasteiger partial charge in [-0.05, 0) is 231 Å². The second-order valence-electron chi connectivity index (χ2n) is 19.5. The first-order valence-electron chi connectivity index (χ1n) is 25.5. The van der Waals surface area contributed by atoms with Gasteiger partial charge in [0.15, 0.2) is 0 Å². The van der Waals surface area contributed by atoms with Crippen molar-refractivity contribution in [1.29, 1.82) is 0 Å². The molecule has 386 valence electrons. The van der Waals surface area contributed by atoms with Crippen molar-refractivity contribution in [3.8, 4) is 0 Å². The Balaban J connectivity index is 0.000000158. The molecule has 14 nitrogen and oxygen atoms in total. The minimum absolute atomic E-state index is 0. The third kappa shape index (κ3) is 16.5. The Morgan fingerprint density at radius 3 is 1.34 bits per heavy atom. The number of nitrogens with zero attached hydrogens (tertiary/aromatic N) is 7. The Kier molecular flexibility index (Phi) is 22.1. The minimum atomic E-state index is 0. The summed E-state index contributed by atoms with van der Waals surface area (Å²) in [6.07, 6.45) is 12.5. The van der Waals surface area contributed by atoms with Gasteiger partial charge in [-0.2, -0.15) is 4.98 Å². The third-order valence-electron chi connectivity index (χ3n) is 13.8. The maximum Gasteiger partial charge on any atom is 0.227 e. The fourth-order valence-corrected chi connectivity index (χ4v) is 9.81. The first-order chi connectivity index (χ1) is 33.8. The molecule has 0 aliphatic carbocycles. The van der Waals surface area contributed by atoms with Gasteiger partial charge in [0.25, 0.3) is 0 Å². The van der Waals surface area contributed by atoms with Crippen molar-refractivity contribution in [2.24, 2.45) is 5.73 Å². The van der Waals surface area contributed by atoms with E-state index in [0.717, 1.165) is 109 Å². The molecule has 0 radical (unpaired) electrons. The van der Waals surface area contributed by atoms with Crippen LogP contribution in [0.4, 0.5) is 17.6 Å². The fraction of sp³-hybridized carbons (Fsp3) is 0.547. The van der Waals surface area contributed by atoms with E-state index >= 15 is 0 Å². The number of hydrogen-bond donors (Lipinski definition) is 7. The van der Waals surface area contributed by atoms with Gasteiger partial charge in [0.1, 0.15) is 16.8 Å². The maximum absolute atomic E-state index is 6.06. The van der Waals surface area contributed by atoms with Gasteiger partial charge in [0.05, 0.1) is 16.6 Å². The number of aromatic nitrogens is 6. The largest absolute Gasteiger partial charge is 0.365 e. The summed E-state index contributed by atoms with van der Waals surface area (Å²) in [6.45, 7) is 23.6. The molecule has 5 fully saturated rings. The molecule has 5 saturated heterocycles. The van der Waals surface area contributed by atoms with Crippen molar-refractivity contribution >= 4 is 97.5 Å². The van der Waals surface area contributed by atoms with Gasteiger partial charge in [-0.3, -0.25) is 0 Å². The SMILES string of the molecule is C1CCNC1.Cc1cc2nc(Cl)nc(Cl)c2cc1C.Cc1cc2nc(Cl)nc(N[C@H]3CCCNC3)c2cc1C.Cc1cc2nc(N3CCCC3)nc(N[C@H]3CCCNC3)c2cc1C.Cl.N[C@H]1CCCNC1. The zero-order chi connectivity index (χ0) is 49.6. The van der Waals surface area contributed by atoms with Crippen molar-refractivity contribution in [1.82, 2.24) is 51.2 Å². The molecule has 6 aromatic rings. The van der Waals surface area contributed by atoms with E-state index in [1.54, 1.807) is 0 Å². The molecule has 3 aromatic carbocycles. The third-order valence-corrected chi connectivity index (χ3v) is 14.4. The van der Waals surface area contributed by atoms with Crippen LogP contribution in [0.15, 0.2) is 36.4 Å². The van der Waals surface area contributed by atoms with E-state index in [0.29, 0.717) is 28.6 Å². The quantitative estimate of drug-likeness (QED) is 0.0641. The number of nitrogens with one attached hydrogen (secondary N) is 6. The van der Waals surface area contributed by atoms with Crippen LogP contribution >= 0.6 is 47.2 Å². The summed E-state index contributed by atoms with van der Waals surface area (Å²) in [7, 11) is 0. The Morgan fingerprint density at radius 1 is 0.479 bits per heavy atom. The summed E-state index contributed by atoms with van der Waals surface area (Å²) in [4.78, 5) is 28.8. The van der Waals surface area contributed by atoms with E-state index in [-0.39, 0.29) is 17.7 Å². The van der Waals surface area contributed by atoms with Crippen molar-refractivity contribution in [2.75, 3.05) is 81.0 Å². The molecule has 0 spiro atoms. The Bertz CT molecular complexity index is 2630. The van der Waals surface area contributed by atoms with Crippen molar-refractivity contribution in [3.63, 3.8) is 0 Å². The van der Waals surface area contributed by atoms with Crippen molar-refractivity contribution in [3.05, 3.63) is 85.5 Å². The average Bonchev–Trinajstić information content (AvgIpc) is 4.12. The fourth-order valence-electron chi connectivity index (χ4n) is 9.18. The highest BCUT2D eigenvalue weighted by molar-refractivity contribution is 6.35. The van der Waals surface area contributed by atoms with Crippen LogP contribution in [0.25, 0.3) is 32.7 Å². The summed E-state index contributed by atoms with van der Waals surface area (Å²) in [5.74, 6) is 2.73. The van der Waals surface area contributed by atoms with Gasteiger partial charge < -0.3 is 42.5 Å². The van der Waals surface area contributed by atoms with Crippen LogP contribution in [0, 0.1) is 41.5 Å². The minimum Gasteiger partial charge on any atom is -0.365 e. The number of rotatable bonds is 5. The Hall–Kier alpha value is -3.96. The first kappa shape index (κ1) is 56.3. The maximum atomic E-state index is 6.06. The molecule has 18 heteroatoms. The molecular formula is C53H76Cl4N14. The van der Waals surface area contributed by atoms with Gasteiger partial charge in [-0.1, -0.05) is 11.6 Å². The van der Waals surface area contributed by atoms with E-state index in [9.17, 15) is 0 Å². The molecule has 11 rings (SSSR count). The topological polar surface area (TPSA) is 179 Å². The molecule has 5 aliphatic heterocycles. The number of piperidine rings is 3. The van der Waals surface area contributed by atoms with Crippen LogP contribution < -0.4 is 42.5 Å². The van der Waals surface area contributed by atoms with Crippen LogP contribution in [0.5, 0.6) is 0 Å². The highest BCUT2D eigenvalue weighted by Crippen LogP contribution is 2.30. The highest BCUT2D eigenvalue weighted by Gasteiger charge is 2.21. The zero-order valence-electron chi connectivity index (χ0n) is 42.6. The van der Waals surface area contributed by atoms with E-state index in [4.69, 9.17) is 50.5 Å². The molecule has 3 atom stereocenters. The standard InChI is InChI=1S/C19H27N5.C15H19ClN4.C10H8Cl2N2.C5H12N2.C4H9N.ClH/c1-13-10-16-17(11-14(13)2)22-19(24-8-3-4-9-24)23-18(16)21-15-6-5-7-20-12-15;1-9-6-12-13(7-10(9)2)19-15(16)20-14(12)18-11-4-3-5-17-8-11;1-5-3-7-8(4-6(5)2)13-10(12)14-9(7)11;6-5-2-1-3-7-4-5;1-2-4-5-3-1;/h10-11,15,20H,3-9,12H2,1-2H3,(H,21,22,23);6-7,11,17H,3-5,8H2,1-2H3,(H,18,19,20);3-4H,1-2H3;5,7H,1-4,6H2;5H,1-4H2;1H/t15-;11-;;5-;;/m00.0../s1. The lowest BCUT2D eigenvalue weighted by Crippen LogP contribution is -2.39. The molecule has 3 aromatic heterocycles. The highest BCUT2D eigenvalue weighted by atomic mass is 35.5. The van der Waals surface area contributed by atoms with E-state index in [2.05, 4.69) is 109 Å². The van der Waals surface area contributed by atoms with Crippen LogP contribution in [0.2, 0.25) is 15.7 Å². The van der Waals surface area contributed by atoms with Crippen LogP contribution in [0.3, 0.4) is 0 Å². The molecule has 0 saturated carbocycles. The molecule has 71 heavy (non-hydrogen) atoms. The number of benzene rings is 3. The van der Waals surface area contributed by atoms with Crippen molar-refractivity contribution in [2.45, 2.75) is 124 Å².